The van der Waals surface area contributed by atoms with Gasteiger partial charge >= 0.3 is 5.97 Å². The average molecular weight is 298 g/mol. The van der Waals surface area contributed by atoms with Crippen molar-refractivity contribution in [1.82, 2.24) is 9.80 Å². The maximum Gasteiger partial charge on any atom is 0.310 e. The Hall–Kier alpha value is -1.59. The maximum absolute atomic E-state index is 12.2. The van der Waals surface area contributed by atoms with Gasteiger partial charge in [-0.1, -0.05) is 13.8 Å². The number of aliphatic carboxylic acids is 1. The van der Waals surface area contributed by atoms with Crippen LogP contribution in [0.3, 0.4) is 0 Å². The Morgan fingerprint density at radius 2 is 1.76 bits per heavy atom. The first-order chi connectivity index (χ1) is 9.68. The molecular formula is C15H26N2O4. The zero-order chi connectivity index (χ0) is 16.2. The molecule has 1 aliphatic rings. The van der Waals surface area contributed by atoms with Gasteiger partial charge in [-0.3, -0.25) is 14.4 Å². The van der Waals surface area contributed by atoms with Crippen LogP contribution < -0.4 is 0 Å². The molecule has 1 heterocycles. The molecule has 0 aromatic carbocycles. The van der Waals surface area contributed by atoms with Crippen molar-refractivity contribution in [2.24, 2.45) is 11.3 Å². The molecule has 0 bridgehead atoms. The lowest BCUT2D eigenvalue weighted by atomic mass is 9.76. The summed E-state index contributed by atoms with van der Waals surface area (Å²) in [5.41, 5.74) is -1.11. The van der Waals surface area contributed by atoms with E-state index in [1.807, 2.05) is 0 Å². The van der Waals surface area contributed by atoms with Gasteiger partial charge in [-0.15, -0.1) is 0 Å². The Morgan fingerprint density at radius 3 is 2.19 bits per heavy atom. The predicted molar refractivity (Wildman–Crippen MR) is 78.6 cm³/mol. The summed E-state index contributed by atoms with van der Waals surface area (Å²) in [4.78, 5) is 38.7. The zero-order valence-corrected chi connectivity index (χ0v) is 13.4. The van der Waals surface area contributed by atoms with Gasteiger partial charge in [0.2, 0.25) is 11.8 Å². The molecule has 6 heteroatoms. The van der Waals surface area contributed by atoms with Gasteiger partial charge < -0.3 is 14.9 Å². The highest BCUT2D eigenvalue weighted by molar-refractivity contribution is 5.88. The number of carbonyl (C=O) groups excluding carboxylic acids is 2. The van der Waals surface area contributed by atoms with Crippen LogP contribution >= 0.6 is 0 Å². The number of likely N-dealkylation sites (tertiary alicyclic amines) is 1. The topological polar surface area (TPSA) is 77.9 Å². The van der Waals surface area contributed by atoms with Crippen LogP contribution in [0.2, 0.25) is 0 Å². The Bertz CT molecular complexity index is 416. The number of hydrogen-bond donors (Lipinski definition) is 1. The Balaban J connectivity index is 2.61. The van der Waals surface area contributed by atoms with Crippen LogP contribution in [0.1, 0.15) is 40.0 Å². The standard InChI is InChI=1S/C15H26N2O4/c1-11(2)15(3,14(20)21)9-12(18)16(4)10-13(19)17-7-5-6-8-17/h11H,5-10H2,1-4H3,(H,20,21). The van der Waals surface area contributed by atoms with Crippen molar-refractivity contribution >= 4 is 17.8 Å². The van der Waals surface area contributed by atoms with Gasteiger partial charge in [0.15, 0.2) is 0 Å². The summed E-state index contributed by atoms with van der Waals surface area (Å²) in [6, 6.07) is 0. The number of carbonyl (C=O) groups is 3. The molecule has 1 N–H and O–H groups in total. The summed E-state index contributed by atoms with van der Waals surface area (Å²) in [5.74, 6) is -1.52. The fourth-order valence-corrected chi connectivity index (χ4v) is 2.33. The van der Waals surface area contributed by atoms with Crippen LogP contribution in [-0.2, 0) is 14.4 Å². The van der Waals surface area contributed by atoms with Gasteiger partial charge in [0, 0.05) is 26.6 Å². The number of rotatable bonds is 6. The van der Waals surface area contributed by atoms with Crippen molar-refractivity contribution in [3.63, 3.8) is 0 Å². The summed E-state index contributed by atoms with van der Waals surface area (Å²) >= 11 is 0. The van der Waals surface area contributed by atoms with Crippen LogP contribution in [-0.4, -0.2) is 59.4 Å². The van der Waals surface area contributed by atoms with E-state index < -0.39 is 11.4 Å². The van der Waals surface area contributed by atoms with E-state index in [2.05, 4.69) is 0 Å². The van der Waals surface area contributed by atoms with Crippen molar-refractivity contribution in [2.45, 2.75) is 40.0 Å². The van der Waals surface area contributed by atoms with Crippen LogP contribution in [0, 0.1) is 11.3 Å². The quantitative estimate of drug-likeness (QED) is 0.799. The smallest absolute Gasteiger partial charge is 0.310 e. The van der Waals surface area contributed by atoms with Gasteiger partial charge in [-0.25, -0.2) is 0 Å². The van der Waals surface area contributed by atoms with E-state index in [4.69, 9.17) is 0 Å². The van der Waals surface area contributed by atoms with E-state index >= 15 is 0 Å². The van der Waals surface area contributed by atoms with Crippen LogP contribution in [0.5, 0.6) is 0 Å². The lowest BCUT2D eigenvalue weighted by Crippen LogP contribution is -2.43. The summed E-state index contributed by atoms with van der Waals surface area (Å²) in [6.45, 7) is 6.67. The largest absolute Gasteiger partial charge is 0.481 e. The summed E-state index contributed by atoms with van der Waals surface area (Å²) in [5, 5.41) is 9.34. The molecule has 0 aromatic rings. The first-order valence-corrected chi connectivity index (χ1v) is 7.43. The van der Waals surface area contributed by atoms with E-state index in [0.29, 0.717) is 0 Å². The lowest BCUT2D eigenvalue weighted by Gasteiger charge is -2.30. The van der Waals surface area contributed by atoms with Gasteiger partial charge in [-0.05, 0) is 25.7 Å². The predicted octanol–water partition coefficient (Wildman–Crippen LogP) is 1.20. The summed E-state index contributed by atoms with van der Waals surface area (Å²) in [7, 11) is 1.55. The van der Waals surface area contributed by atoms with Crippen molar-refractivity contribution in [3.05, 3.63) is 0 Å². The molecule has 1 fully saturated rings. The van der Waals surface area contributed by atoms with Crippen molar-refractivity contribution in [1.29, 1.82) is 0 Å². The number of nitrogens with zero attached hydrogens (tertiary/aromatic N) is 2. The second-order valence-electron chi connectivity index (χ2n) is 6.39. The van der Waals surface area contributed by atoms with Crippen LogP contribution in [0.25, 0.3) is 0 Å². The first-order valence-electron chi connectivity index (χ1n) is 7.43. The molecule has 1 rings (SSSR count). The molecule has 2 amide bonds. The minimum Gasteiger partial charge on any atom is -0.481 e. The van der Waals surface area contributed by atoms with Gasteiger partial charge in [-0.2, -0.15) is 0 Å². The number of hydrogen-bond acceptors (Lipinski definition) is 3. The summed E-state index contributed by atoms with van der Waals surface area (Å²) in [6.07, 6.45) is 1.92. The molecular weight excluding hydrogens is 272 g/mol. The van der Waals surface area contributed by atoms with Gasteiger partial charge in [0.25, 0.3) is 0 Å². The zero-order valence-electron chi connectivity index (χ0n) is 13.4. The van der Waals surface area contributed by atoms with Crippen molar-refractivity contribution < 1.29 is 19.5 Å². The SMILES string of the molecule is CC(C)C(C)(CC(=O)N(C)CC(=O)N1CCCC1)C(=O)O. The van der Waals surface area contributed by atoms with Gasteiger partial charge in [0.1, 0.15) is 0 Å². The third kappa shape index (κ3) is 4.19. The molecule has 0 aromatic heterocycles. The Labute approximate surface area is 126 Å². The maximum atomic E-state index is 12.2. The number of likely N-dealkylation sites (N-methyl/N-ethyl adjacent to an activating group) is 1. The molecule has 0 saturated carbocycles. The fourth-order valence-electron chi connectivity index (χ4n) is 2.33. The second-order valence-corrected chi connectivity index (χ2v) is 6.39. The number of amides is 2. The molecule has 1 aliphatic heterocycles. The van der Waals surface area contributed by atoms with E-state index in [1.165, 1.54) is 4.90 Å². The highest BCUT2D eigenvalue weighted by atomic mass is 16.4. The number of carboxylic acid groups (broad SMARTS) is 1. The van der Waals surface area contributed by atoms with E-state index in [-0.39, 0.29) is 30.7 Å². The van der Waals surface area contributed by atoms with Crippen molar-refractivity contribution in [2.75, 3.05) is 26.7 Å². The Kier molecular flexibility index (Phi) is 5.75. The van der Waals surface area contributed by atoms with Crippen LogP contribution in [0.15, 0.2) is 0 Å². The van der Waals surface area contributed by atoms with Gasteiger partial charge in [0.05, 0.1) is 12.0 Å². The minimum atomic E-state index is -1.11. The molecule has 1 unspecified atom stereocenters. The van der Waals surface area contributed by atoms with E-state index in [0.717, 1.165) is 25.9 Å². The monoisotopic (exact) mass is 298 g/mol. The lowest BCUT2D eigenvalue weighted by molar-refractivity contribution is -0.155. The van der Waals surface area contributed by atoms with E-state index in [1.54, 1.807) is 32.7 Å². The molecule has 6 nitrogen and oxygen atoms in total. The summed E-state index contributed by atoms with van der Waals surface area (Å²) < 4.78 is 0. The fraction of sp³-hybridized carbons (Fsp3) is 0.800. The molecule has 1 atom stereocenters. The molecule has 0 radical (unpaired) electrons. The first kappa shape index (κ1) is 17.5. The number of carboxylic acids is 1. The van der Waals surface area contributed by atoms with Crippen LogP contribution in [0.4, 0.5) is 0 Å². The molecule has 120 valence electrons. The van der Waals surface area contributed by atoms with Crippen molar-refractivity contribution in [3.8, 4) is 0 Å². The molecule has 21 heavy (non-hydrogen) atoms. The molecule has 0 aliphatic carbocycles. The second kappa shape index (κ2) is 6.91. The molecule has 0 spiro atoms. The minimum absolute atomic E-state index is 0.0205. The van der Waals surface area contributed by atoms with E-state index in [9.17, 15) is 19.5 Å². The third-order valence-electron chi connectivity index (χ3n) is 4.54. The third-order valence-corrected chi connectivity index (χ3v) is 4.54. The highest BCUT2D eigenvalue weighted by Crippen LogP contribution is 2.31. The average Bonchev–Trinajstić information content (AvgIpc) is 2.91. The highest BCUT2D eigenvalue weighted by Gasteiger charge is 2.39. The Morgan fingerprint density at radius 1 is 1.24 bits per heavy atom. The normalized spacial score (nSPS) is 17.7. The molecule has 1 saturated heterocycles.